The van der Waals surface area contributed by atoms with Crippen LogP contribution < -0.4 is 5.32 Å². The minimum atomic E-state index is -0.988. The predicted octanol–water partition coefficient (Wildman–Crippen LogP) is 0.916. The van der Waals surface area contributed by atoms with E-state index in [2.05, 4.69) is 5.32 Å². The molecule has 0 aliphatic carbocycles. The first-order valence-corrected chi connectivity index (χ1v) is 6.30. The number of carbonyl (C=O) groups excluding carboxylic acids is 1. The molecular weight excluding hydrogens is 236 g/mol. The highest BCUT2D eigenvalue weighted by molar-refractivity contribution is 5.82. The largest absolute Gasteiger partial charge is 0.480 e. The molecule has 6 nitrogen and oxygen atoms in total. The smallest absolute Gasteiger partial charge is 0.326 e. The van der Waals surface area contributed by atoms with E-state index in [-0.39, 0.29) is 18.1 Å². The molecule has 6 heteroatoms. The lowest BCUT2D eigenvalue weighted by molar-refractivity contribution is -0.139. The number of nitrogens with zero attached hydrogens (tertiary/aromatic N) is 1. The van der Waals surface area contributed by atoms with Gasteiger partial charge in [-0.3, -0.25) is 0 Å². The number of carboxylic acids is 1. The molecule has 1 aliphatic rings. The number of hydrogen-bond acceptors (Lipinski definition) is 3. The Hall–Kier alpha value is -1.30. The second kappa shape index (κ2) is 6.58. The van der Waals surface area contributed by atoms with Crippen molar-refractivity contribution in [2.45, 2.75) is 39.3 Å². The van der Waals surface area contributed by atoms with Crippen molar-refractivity contribution in [3.8, 4) is 0 Å². The minimum Gasteiger partial charge on any atom is -0.480 e. The zero-order valence-corrected chi connectivity index (χ0v) is 11.2. The molecule has 0 saturated carbocycles. The topological polar surface area (TPSA) is 78.9 Å². The number of carbonyl (C=O) groups is 2. The molecule has 1 saturated heterocycles. The highest BCUT2D eigenvalue weighted by Crippen LogP contribution is 2.08. The summed E-state index contributed by atoms with van der Waals surface area (Å²) in [6.07, 6.45) is 0.430. The molecule has 18 heavy (non-hydrogen) atoms. The van der Waals surface area contributed by atoms with Gasteiger partial charge in [0.15, 0.2) is 0 Å². The van der Waals surface area contributed by atoms with Gasteiger partial charge >= 0.3 is 12.0 Å². The van der Waals surface area contributed by atoms with Crippen molar-refractivity contribution in [2.24, 2.45) is 5.92 Å². The molecule has 1 aliphatic heterocycles. The average Bonchev–Trinajstić information content (AvgIpc) is 2.27. The Bertz CT molecular complexity index is 306. The Morgan fingerprint density at radius 2 is 2.17 bits per heavy atom. The van der Waals surface area contributed by atoms with E-state index in [0.717, 1.165) is 0 Å². The molecular formula is C12H22N2O4. The second-order valence-electron chi connectivity index (χ2n) is 5.10. The van der Waals surface area contributed by atoms with Crippen molar-refractivity contribution in [3.05, 3.63) is 0 Å². The summed E-state index contributed by atoms with van der Waals surface area (Å²) in [4.78, 5) is 24.6. The van der Waals surface area contributed by atoms with Crippen LogP contribution in [0.5, 0.6) is 0 Å². The highest BCUT2D eigenvalue weighted by atomic mass is 16.5. The maximum absolute atomic E-state index is 11.9. The van der Waals surface area contributed by atoms with Crippen molar-refractivity contribution >= 4 is 12.0 Å². The molecule has 0 aromatic carbocycles. The van der Waals surface area contributed by atoms with E-state index in [1.165, 1.54) is 0 Å². The Kier molecular flexibility index (Phi) is 5.40. The summed E-state index contributed by atoms with van der Waals surface area (Å²) in [6.45, 7) is 7.25. The summed E-state index contributed by atoms with van der Waals surface area (Å²) in [7, 11) is 0. The van der Waals surface area contributed by atoms with Gasteiger partial charge in [-0.15, -0.1) is 0 Å². The van der Waals surface area contributed by atoms with Gasteiger partial charge in [0, 0.05) is 13.1 Å². The average molecular weight is 258 g/mol. The Balaban J connectivity index is 2.52. The Morgan fingerprint density at radius 3 is 2.67 bits per heavy atom. The number of morpholine rings is 1. The van der Waals surface area contributed by atoms with Gasteiger partial charge in [0.25, 0.3) is 0 Å². The summed E-state index contributed by atoms with van der Waals surface area (Å²) in [5.74, 6) is -0.770. The van der Waals surface area contributed by atoms with Crippen molar-refractivity contribution in [2.75, 3.05) is 19.7 Å². The maximum Gasteiger partial charge on any atom is 0.326 e. The van der Waals surface area contributed by atoms with Crippen molar-refractivity contribution < 1.29 is 19.4 Å². The van der Waals surface area contributed by atoms with Crippen LogP contribution in [-0.2, 0) is 9.53 Å². The summed E-state index contributed by atoms with van der Waals surface area (Å²) in [5, 5.41) is 11.6. The Labute approximate surface area is 107 Å². The lowest BCUT2D eigenvalue weighted by atomic mass is 10.0. The van der Waals surface area contributed by atoms with Gasteiger partial charge in [0.1, 0.15) is 6.04 Å². The minimum absolute atomic E-state index is 0.00197. The van der Waals surface area contributed by atoms with Gasteiger partial charge in [-0.1, -0.05) is 13.8 Å². The lowest BCUT2D eigenvalue weighted by Gasteiger charge is -2.32. The Morgan fingerprint density at radius 1 is 1.50 bits per heavy atom. The SMILES string of the molecule is CC(C)CC(NC(=O)N1CCOC(C)C1)C(=O)O. The van der Waals surface area contributed by atoms with Gasteiger partial charge in [0.05, 0.1) is 12.7 Å². The molecule has 2 atom stereocenters. The van der Waals surface area contributed by atoms with Gasteiger partial charge in [-0.05, 0) is 19.3 Å². The predicted molar refractivity (Wildman–Crippen MR) is 66.4 cm³/mol. The summed E-state index contributed by atoms with van der Waals surface area (Å²) in [5.41, 5.74) is 0. The van der Waals surface area contributed by atoms with Crippen molar-refractivity contribution in [1.82, 2.24) is 10.2 Å². The van der Waals surface area contributed by atoms with Crippen LogP contribution in [0.2, 0.25) is 0 Å². The summed E-state index contributed by atoms with van der Waals surface area (Å²) in [6, 6.07) is -1.14. The van der Waals surface area contributed by atoms with Gasteiger partial charge < -0.3 is 20.1 Å². The van der Waals surface area contributed by atoms with Crippen LogP contribution >= 0.6 is 0 Å². The first-order valence-electron chi connectivity index (χ1n) is 6.30. The highest BCUT2D eigenvalue weighted by Gasteiger charge is 2.26. The number of carboxylic acid groups (broad SMARTS) is 1. The number of ether oxygens (including phenoxy) is 1. The van der Waals surface area contributed by atoms with Gasteiger partial charge in [-0.25, -0.2) is 9.59 Å². The van der Waals surface area contributed by atoms with E-state index in [9.17, 15) is 9.59 Å². The van der Waals surface area contributed by atoms with E-state index in [4.69, 9.17) is 9.84 Å². The fraction of sp³-hybridized carbons (Fsp3) is 0.833. The maximum atomic E-state index is 11.9. The van der Waals surface area contributed by atoms with Crippen LogP contribution in [0.4, 0.5) is 4.79 Å². The fourth-order valence-electron chi connectivity index (χ4n) is 1.94. The van der Waals surface area contributed by atoms with Gasteiger partial charge in [-0.2, -0.15) is 0 Å². The molecule has 0 radical (unpaired) electrons. The monoisotopic (exact) mass is 258 g/mol. The molecule has 0 aromatic heterocycles. The number of aliphatic carboxylic acids is 1. The number of rotatable bonds is 4. The van der Waals surface area contributed by atoms with Crippen LogP contribution in [0.1, 0.15) is 27.2 Å². The van der Waals surface area contributed by atoms with Crippen LogP contribution in [0.25, 0.3) is 0 Å². The second-order valence-corrected chi connectivity index (χ2v) is 5.10. The molecule has 1 heterocycles. The number of urea groups is 1. The molecule has 1 fully saturated rings. The summed E-state index contributed by atoms with van der Waals surface area (Å²) < 4.78 is 5.34. The molecule has 2 amide bonds. The molecule has 2 unspecified atom stereocenters. The van der Waals surface area contributed by atoms with E-state index in [0.29, 0.717) is 26.1 Å². The standard InChI is InChI=1S/C12H22N2O4/c1-8(2)6-10(11(15)16)13-12(17)14-4-5-18-9(3)7-14/h8-10H,4-7H2,1-3H3,(H,13,17)(H,15,16). The molecule has 0 bridgehead atoms. The molecule has 104 valence electrons. The van der Waals surface area contributed by atoms with Crippen molar-refractivity contribution in [3.63, 3.8) is 0 Å². The number of hydrogen-bond donors (Lipinski definition) is 2. The van der Waals surface area contributed by atoms with E-state index in [1.807, 2.05) is 20.8 Å². The van der Waals surface area contributed by atoms with E-state index < -0.39 is 12.0 Å². The molecule has 2 N–H and O–H groups in total. The summed E-state index contributed by atoms with van der Waals surface area (Å²) >= 11 is 0. The lowest BCUT2D eigenvalue weighted by Crippen LogP contribution is -2.53. The van der Waals surface area contributed by atoms with Crippen LogP contribution in [0.3, 0.4) is 0 Å². The van der Waals surface area contributed by atoms with E-state index in [1.54, 1.807) is 4.90 Å². The van der Waals surface area contributed by atoms with Crippen LogP contribution in [0.15, 0.2) is 0 Å². The third kappa shape index (κ3) is 4.52. The fourth-order valence-corrected chi connectivity index (χ4v) is 1.94. The zero-order valence-electron chi connectivity index (χ0n) is 11.2. The molecule has 0 aromatic rings. The first kappa shape index (κ1) is 14.8. The third-order valence-corrected chi connectivity index (χ3v) is 2.83. The number of amides is 2. The van der Waals surface area contributed by atoms with Crippen LogP contribution in [-0.4, -0.2) is 53.8 Å². The normalized spacial score (nSPS) is 21.8. The van der Waals surface area contributed by atoms with Crippen molar-refractivity contribution in [1.29, 1.82) is 0 Å². The first-order chi connectivity index (χ1) is 8.40. The quantitative estimate of drug-likeness (QED) is 0.785. The van der Waals surface area contributed by atoms with Crippen LogP contribution in [0, 0.1) is 5.92 Å². The zero-order chi connectivity index (χ0) is 13.7. The third-order valence-electron chi connectivity index (χ3n) is 2.83. The number of nitrogens with one attached hydrogen (secondary N) is 1. The molecule has 1 rings (SSSR count). The molecule has 0 spiro atoms. The van der Waals surface area contributed by atoms with Gasteiger partial charge in [0.2, 0.25) is 0 Å². The van der Waals surface area contributed by atoms with E-state index >= 15 is 0 Å².